The maximum atomic E-state index is 4.28. The van der Waals surface area contributed by atoms with Crippen molar-refractivity contribution in [3.8, 4) is 11.3 Å². The van der Waals surface area contributed by atoms with Gasteiger partial charge in [0, 0.05) is 12.6 Å². The molecule has 1 heterocycles. The van der Waals surface area contributed by atoms with Crippen LogP contribution < -0.4 is 0 Å². The molecular weight excluding hydrogens is 264 g/mol. The molecule has 0 N–H and O–H groups in total. The quantitative estimate of drug-likeness (QED) is 0.777. The molecule has 0 atom stereocenters. The molecule has 84 valence electrons. The van der Waals surface area contributed by atoms with Gasteiger partial charge in [0.2, 0.25) is 0 Å². The molecule has 1 aromatic heterocycles. The molecule has 0 aliphatic rings. The number of rotatable bonds is 1. The van der Waals surface area contributed by atoms with Gasteiger partial charge in [-0.15, -0.1) is 0 Å². The van der Waals surface area contributed by atoms with Gasteiger partial charge < -0.3 is 4.57 Å². The Morgan fingerprint density at radius 1 is 1.12 bits per heavy atom. The van der Waals surface area contributed by atoms with E-state index in [1.165, 1.54) is 22.3 Å². The summed E-state index contributed by atoms with van der Waals surface area (Å²) in [5.41, 5.74) is 6.31. The lowest BCUT2D eigenvalue weighted by Crippen LogP contribution is -1.96. The Morgan fingerprint density at radius 3 is 2.12 bits per heavy atom. The third kappa shape index (κ3) is 1.80. The first-order valence-corrected chi connectivity index (χ1v) is 6.05. The Labute approximate surface area is 104 Å². The number of hydrogen-bond acceptors (Lipinski definition) is 1. The smallest absolute Gasteiger partial charge is 0.132 e. The topological polar surface area (TPSA) is 17.8 Å². The predicted molar refractivity (Wildman–Crippen MR) is 70.6 cm³/mol. The van der Waals surface area contributed by atoms with Crippen molar-refractivity contribution in [2.45, 2.75) is 20.8 Å². The molecule has 1 aromatic carbocycles. The summed E-state index contributed by atoms with van der Waals surface area (Å²) in [6.45, 7) is 6.42. The Morgan fingerprint density at radius 2 is 1.69 bits per heavy atom. The van der Waals surface area contributed by atoms with Gasteiger partial charge in [0.25, 0.3) is 0 Å². The summed E-state index contributed by atoms with van der Waals surface area (Å²) >= 11 is 3.51. The first-order chi connectivity index (χ1) is 7.50. The molecule has 0 saturated heterocycles. The van der Waals surface area contributed by atoms with Crippen LogP contribution in [0.5, 0.6) is 0 Å². The molecule has 0 aliphatic carbocycles. The second-order valence-electron chi connectivity index (χ2n) is 4.27. The highest BCUT2D eigenvalue weighted by Gasteiger charge is 2.13. The van der Waals surface area contributed by atoms with Crippen molar-refractivity contribution < 1.29 is 0 Å². The van der Waals surface area contributed by atoms with Crippen molar-refractivity contribution in [2.24, 2.45) is 7.05 Å². The van der Waals surface area contributed by atoms with E-state index in [0.29, 0.717) is 0 Å². The summed E-state index contributed by atoms with van der Waals surface area (Å²) < 4.78 is 2.96. The van der Waals surface area contributed by atoms with E-state index in [2.05, 4.69) is 58.4 Å². The third-order valence-corrected chi connectivity index (χ3v) is 3.39. The van der Waals surface area contributed by atoms with Crippen molar-refractivity contribution in [3.63, 3.8) is 0 Å². The zero-order chi connectivity index (χ0) is 11.9. The Kier molecular flexibility index (Phi) is 2.89. The SMILES string of the molecule is Cc1cc(C)c(-c2c(Br)ncn2C)c(C)c1. The van der Waals surface area contributed by atoms with Gasteiger partial charge in [0.05, 0.1) is 12.0 Å². The number of nitrogens with zero attached hydrogens (tertiary/aromatic N) is 2. The van der Waals surface area contributed by atoms with Crippen LogP contribution in [0.3, 0.4) is 0 Å². The van der Waals surface area contributed by atoms with E-state index >= 15 is 0 Å². The summed E-state index contributed by atoms with van der Waals surface area (Å²) in [5, 5.41) is 0. The van der Waals surface area contributed by atoms with Crippen LogP contribution in [0.15, 0.2) is 23.1 Å². The molecule has 2 aromatic rings. The van der Waals surface area contributed by atoms with Crippen molar-refractivity contribution >= 4 is 15.9 Å². The van der Waals surface area contributed by atoms with E-state index in [4.69, 9.17) is 0 Å². The molecular formula is C13H15BrN2. The molecule has 2 rings (SSSR count). The molecule has 16 heavy (non-hydrogen) atoms. The first kappa shape index (κ1) is 11.4. The zero-order valence-electron chi connectivity index (χ0n) is 10.0. The highest BCUT2D eigenvalue weighted by Crippen LogP contribution is 2.32. The van der Waals surface area contributed by atoms with Crippen molar-refractivity contribution in [1.82, 2.24) is 9.55 Å². The summed E-state index contributed by atoms with van der Waals surface area (Å²) in [6, 6.07) is 4.42. The molecule has 0 bridgehead atoms. The van der Waals surface area contributed by atoms with E-state index in [-0.39, 0.29) is 0 Å². The van der Waals surface area contributed by atoms with Crippen LogP contribution in [0, 0.1) is 20.8 Å². The number of imidazole rings is 1. The highest BCUT2D eigenvalue weighted by atomic mass is 79.9. The lowest BCUT2D eigenvalue weighted by atomic mass is 9.98. The van der Waals surface area contributed by atoms with Crippen LogP contribution >= 0.6 is 15.9 Å². The maximum Gasteiger partial charge on any atom is 0.132 e. The van der Waals surface area contributed by atoms with Gasteiger partial charge >= 0.3 is 0 Å². The van der Waals surface area contributed by atoms with Gasteiger partial charge in [0.15, 0.2) is 0 Å². The number of aryl methyl sites for hydroxylation is 4. The Bertz CT molecular complexity index is 498. The van der Waals surface area contributed by atoms with Gasteiger partial charge in [-0.2, -0.15) is 0 Å². The average molecular weight is 279 g/mol. The summed E-state index contributed by atoms with van der Waals surface area (Å²) in [5.74, 6) is 0. The fraction of sp³-hybridized carbons (Fsp3) is 0.308. The van der Waals surface area contributed by atoms with Crippen molar-refractivity contribution in [1.29, 1.82) is 0 Å². The van der Waals surface area contributed by atoms with Gasteiger partial charge in [-0.05, 0) is 47.8 Å². The molecule has 0 saturated carbocycles. The van der Waals surface area contributed by atoms with Crippen LogP contribution in [-0.4, -0.2) is 9.55 Å². The molecule has 0 amide bonds. The Balaban J connectivity index is 2.74. The standard InChI is InChI=1S/C13H15BrN2/c1-8-5-9(2)11(10(3)6-8)12-13(14)15-7-16(12)4/h5-7H,1-4H3. The zero-order valence-corrected chi connectivity index (χ0v) is 11.6. The minimum Gasteiger partial charge on any atom is -0.333 e. The molecule has 0 unspecified atom stereocenters. The Hall–Kier alpha value is -1.09. The summed E-state index contributed by atoms with van der Waals surface area (Å²) in [4.78, 5) is 4.28. The second kappa shape index (κ2) is 4.06. The molecule has 0 radical (unpaired) electrons. The van der Waals surface area contributed by atoms with Gasteiger partial charge in [-0.25, -0.2) is 4.98 Å². The van der Waals surface area contributed by atoms with Crippen LogP contribution in [0.2, 0.25) is 0 Å². The summed E-state index contributed by atoms with van der Waals surface area (Å²) in [6.07, 6.45) is 1.83. The number of benzene rings is 1. The van der Waals surface area contributed by atoms with E-state index in [1.54, 1.807) is 0 Å². The summed E-state index contributed by atoms with van der Waals surface area (Å²) in [7, 11) is 2.02. The minimum atomic E-state index is 0.907. The van der Waals surface area contributed by atoms with Crippen LogP contribution in [0.1, 0.15) is 16.7 Å². The van der Waals surface area contributed by atoms with Crippen molar-refractivity contribution in [3.05, 3.63) is 39.8 Å². The van der Waals surface area contributed by atoms with Gasteiger partial charge in [-0.3, -0.25) is 0 Å². The number of halogens is 1. The molecule has 0 fully saturated rings. The third-order valence-electron chi connectivity index (χ3n) is 2.81. The lowest BCUT2D eigenvalue weighted by Gasteiger charge is -2.12. The number of hydrogen-bond donors (Lipinski definition) is 0. The molecule has 0 aliphatic heterocycles. The van der Waals surface area contributed by atoms with E-state index in [0.717, 1.165) is 10.3 Å². The first-order valence-electron chi connectivity index (χ1n) is 5.25. The fourth-order valence-corrected chi connectivity index (χ4v) is 2.80. The minimum absolute atomic E-state index is 0.907. The predicted octanol–water partition coefficient (Wildman–Crippen LogP) is 3.77. The maximum absolute atomic E-state index is 4.28. The van der Waals surface area contributed by atoms with Crippen LogP contribution in [-0.2, 0) is 7.05 Å². The highest BCUT2D eigenvalue weighted by molar-refractivity contribution is 9.10. The van der Waals surface area contributed by atoms with Gasteiger partial charge in [-0.1, -0.05) is 17.7 Å². The normalized spacial score (nSPS) is 10.8. The fourth-order valence-electron chi connectivity index (χ4n) is 2.23. The van der Waals surface area contributed by atoms with E-state index in [9.17, 15) is 0 Å². The lowest BCUT2D eigenvalue weighted by molar-refractivity contribution is 0.919. The second-order valence-corrected chi connectivity index (χ2v) is 5.02. The van der Waals surface area contributed by atoms with Crippen LogP contribution in [0.25, 0.3) is 11.3 Å². The van der Waals surface area contributed by atoms with E-state index < -0.39 is 0 Å². The average Bonchev–Trinajstić information content (AvgIpc) is 2.47. The largest absolute Gasteiger partial charge is 0.333 e. The van der Waals surface area contributed by atoms with Crippen molar-refractivity contribution in [2.75, 3.05) is 0 Å². The monoisotopic (exact) mass is 278 g/mol. The number of aromatic nitrogens is 2. The molecule has 3 heteroatoms. The van der Waals surface area contributed by atoms with E-state index in [1.807, 2.05) is 13.4 Å². The molecule has 0 spiro atoms. The van der Waals surface area contributed by atoms with Crippen LogP contribution in [0.4, 0.5) is 0 Å². The van der Waals surface area contributed by atoms with Gasteiger partial charge in [0.1, 0.15) is 4.60 Å². The molecule has 2 nitrogen and oxygen atoms in total.